The normalized spacial score (nSPS) is 9.07. The molecular weight excluding hydrogens is 181 g/mol. The van der Waals surface area contributed by atoms with Crippen molar-refractivity contribution in [1.82, 2.24) is 0 Å². The molecule has 0 radical (unpaired) electrons. The zero-order chi connectivity index (χ0) is 10.4. The SMILES string of the molecule is CCOc1ccc(C#CCN)c(F)c1. The molecule has 0 heterocycles. The largest absolute Gasteiger partial charge is 0.494 e. The zero-order valence-electron chi connectivity index (χ0n) is 8.01. The molecule has 2 N–H and O–H groups in total. The summed E-state index contributed by atoms with van der Waals surface area (Å²) in [4.78, 5) is 0. The first-order valence-corrected chi connectivity index (χ1v) is 4.39. The van der Waals surface area contributed by atoms with Crippen LogP contribution in [0.25, 0.3) is 0 Å². The van der Waals surface area contributed by atoms with Crippen LogP contribution in [0.15, 0.2) is 18.2 Å². The monoisotopic (exact) mass is 193 g/mol. The van der Waals surface area contributed by atoms with Crippen LogP contribution in [-0.2, 0) is 0 Å². The van der Waals surface area contributed by atoms with Crippen LogP contribution in [0.1, 0.15) is 12.5 Å². The van der Waals surface area contributed by atoms with E-state index >= 15 is 0 Å². The van der Waals surface area contributed by atoms with Crippen molar-refractivity contribution in [2.24, 2.45) is 5.73 Å². The molecule has 0 saturated heterocycles. The minimum Gasteiger partial charge on any atom is -0.494 e. The van der Waals surface area contributed by atoms with Gasteiger partial charge < -0.3 is 10.5 Å². The Balaban J connectivity index is 2.89. The maximum Gasteiger partial charge on any atom is 0.142 e. The van der Waals surface area contributed by atoms with Gasteiger partial charge in [-0.15, -0.1) is 0 Å². The molecule has 0 spiro atoms. The van der Waals surface area contributed by atoms with Gasteiger partial charge in [-0.25, -0.2) is 4.39 Å². The van der Waals surface area contributed by atoms with Crippen molar-refractivity contribution in [3.05, 3.63) is 29.6 Å². The van der Waals surface area contributed by atoms with Gasteiger partial charge in [0.25, 0.3) is 0 Å². The average Bonchev–Trinajstić information content (AvgIpc) is 2.17. The molecule has 0 aliphatic carbocycles. The summed E-state index contributed by atoms with van der Waals surface area (Å²) in [6.07, 6.45) is 0. The lowest BCUT2D eigenvalue weighted by Crippen LogP contribution is -1.95. The third-order valence-corrected chi connectivity index (χ3v) is 1.58. The van der Waals surface area contributed by atoms with Crippen molar-refractivity contribution < 1.29 is 9.13 Å². The molecule has 1 aromatic carbocycles. The molecule has 0 saturated carbocycles. The van der Waals surface area contributed by atoms with Crippen LogP contribution in [0.5, 0.6) is 5.75 Å². The second-order valence-corrected chi connectivity index (χ2v) is 2.58. The first-order chi connectivity index (χ1) is 6.77. The van der Waals surface area contributed by atoms with Crippen LogP contribution in [0.3, 0.4) is 0 Å². The molecule has 1 aromatic rings. The summed E-state index contributed by atoms with van der Waals surface area (Å²) in [6.45, 7) is 2.60. The van der Waals surface area contributed by atoms with E-state index in [1.54, 1.807) is 12.1 Å². The third kappa shape index (κ3) is 2.75. The highest BCUT2D eigenvalue weighted by atomic mass is 19.1. The summed E-state index contributed by atoms with van der Waals surface area (Å²) in [5.41, 5.74) is 5.53. The Hall–Kier alpha value is -1.53. The molecule has 1 rings (SSSR count). The van der Waals surface area contributed by atoms with Crippen LogP contribution in [-0.4, -0.2) is 13.2 Å². The highest BCUT2D eigenvalue weighted by molar-refractivity contribution is 5.39. The first kappa shape index (κ1) is 10.6. The van der Waals surface area contributed by atoms with Crippen LogP contribution in [0.2, 0.25) is 0 Å². The van der Waals surface area contributed by atoms with Crippen molar-refractivity contribution in [3.8, 4) is 17.6 Å². The number of ether oxygens (including phenoxy) is 1. The second-order valence-electron chi connectivity index (χ2n) is 2.58. The van der Waals surface area contributed by atoms with Crippen molar-refractivity contribution in [3.63, 3.8) is 0 Å². The molecule has 0 aromatic heterocycles. The number of halogens is 1. The lowest BCUT2D eigenvalue weighted by Gasteiger charge is -2.02. The minimum absolute atomic E-state index is 0.229. The zero-order valence-corrected chi connectivity index (χ0v) is 8.01. The molecule has 0 fully saturated rings. The van der Waals surface area contributed by atoms with E-state index in [2.05, 4.69) is 11.8 Å². The Morgan fingerprint density at radius 3 is 2.86 bits per heavy atom. The van der Waals surface area contributed by atoms with Gasteiger partial charge in [0.15, 0.2) is 0 Å². The summed E-state index contributed by atoms with van der Waals surface area (Å²) < 4.78 is 18.4. The number of rotatable bonds is 2. The topological polar surface area (TPSA) is 35.2 Å². The molecule has 3 heteroatoms. The Morgan fingerprint density at radius 1 is 1.50 bits per heavy atom. The summed E-state index contributed by atoms with van der Waals surface area (Å²) in [5, 5.41) is 0. The van der Waals surface area contributed by atoms with Gasteiger partial charge in [0.1, 0.15) is 11.6 Å². The van der Waals surface area contributed by atoms with Gasteiger partial charge in [-0.2, -0.15) is 0 Å². The van der Waals surface area contributed by atoms with Gasteiger partial charge in [-0.3, -0.25) is 0 Å². The molecule has 0 bridgehead atoms. The predicted molar refractivity (Wildman–Crippen MR) is 53.5 cm³/mol. The summed E-state index contributed by atoms with van der Waals surface area (Å²) >= 11 is 0. The molecule has 74 valence electrons. The van der Waals surface area contributed by atoms with Crippen molar-refractivity contribution in [1.29, 1.82) is 0 Å². The molecule has 0 amide bonds. The van der Waals surface area contributed by atoms with E-state index in [1.165, 1.54) is 6.07 Å². The van der Waals surface area contributed by atoms with Gasteiger partial charge in [0.05, 0.1) is 18.7 Å². The highest BCUT2D eigenvalue weighted by Crippen LogP contribution is 2.15. The van der Waals surface area contributed by atoms with Gasteiger partial charge in [-0.05, 0) is 19.1 Å². The summed E-state index contributed by atoms with van der Waals surface area (Å²) in [6, 6.07) is 4.60. The fraction of sp³-hybridized carbons (Fsp3) is 0.273. The van der Waals surface area contributed by atoms with Crippen molar-refractivity contribution in [2.45, 2.75) is 6.92 Å². The predicted octanol–water partition coefficient (Wildman–Crippen LogP) is 1.53. The molecule has 14 heavy (non-hydrogen) atoms. The highest BCUT2D eigenvalue weighted by Gasteiger charge is 2.00. The Bertz CT molecular complexity index is 365. The number of hydrogen-bond acceptors (Lipinski definition) is 2. The number of hydrogen-bond donors (Lipinski definition) is 1. The van der Waals surface area contributed by atoms with Gasteiger partial charge in [0.2, 0.25) is 0 Å². The molecule has 0 atom stereocenters. The van der Waals surface area contributed by atoms with Crippen molar-refractivity contribution >= 4 is 0 Å². The Labute approximate surface area is 82.9 Å². The fourth-order valence-corrected chi connectivity index (χ4v) is 1.000. The van der Waals surface area contributed by atoms with Crippen LogP contribution >= 0.6 is 0 Å². The van der Waals surface area contributed by atoms with E-state index in [0.29, 0.717) is 17.9 Å². The third-order valence-electron chi connectivity index (χ3n) is 1.58. The van der Waals surface area contributed by atoms with Gasteiger partial charge in [0, 0.05) is 6.07 Å². The molecule has 0 aliphatic rings. The Morgan fingerprint density at radius 2 is 2.29 bits per heavy atom. The number of benzene rings is 1. The van der Waals surface area contributed by atoms with E-state index < -0.39 is 0 Å². The van der Waals surface area contributed by atoms with Crippen molar-refractivity contribution in [2.75, 3.05) is 13.2 Å². The fourth-order valence-electron chi connectivity index (χ4n) is 1.000. The molecule has 0 unspecified atom stereocenters. The van der Waals surface area contributed by atoms with E-state index in [-0.39, 0.29) is 12.4 Å². The van der Waals surface area contributed by atoms with E-state index in [0.717, 1.165) is 0 Å². The lowest BCUT2D eigenvalue weighted by atomic mass is 10.2. The average molecular weight is 193 g/mol. The summed E-state index contributed by atoms with van der Waals surface area (Å²) in [7, 11) is 0. The van der Waals surface area contributed by atoms with E-state index in [1.807, 2.05) is 6.92 Å². The lowest BCUT2D eigenvalue weighted by molar-refractivity contribution is 0.338. The van der Waals surface area contributed by atoms with Gasteiger partial charge in [-0.1, -0.05) is 11.8 Å². The van der Waals surface area contributed by atoms with Crippen LogP contribution in [0, 0.1) is 17.7 Å². The van der Waals surface area contributed by atoms with Gasteiger partial charge >= 0.3 is 0 Å². The smallest absolute Gasteiger partial charge is 0.142 e. The first-order valence-electron chi connectivity index (χ1n) is 4.39. The Kier molecular flexibility index (Phi) is 3.96. The quantitative estimate of drug-likeness (QED) is 0.723. The van der Waals surface area contributed by atoms with Crippen LogP contribution in [0.4, 0.5) is 4.39 Å². The van der Waals surface area contributed by atoms with E-state index in [4.69, 9.17) is 10.5 Å². The second kappa shape index (κ2) is 5.25. The minimum atomic E-state index is -0.378. The molecular formula is C11H12FNO. The molecule has 0 aliphatic heterocycles. The number of nitrogens with two attached hydrogens (primary N) is 1. The molecule has 2 nitrogen and oxygen atoms in total. The van der Waals surface area contributed by atoms with E-state index in [9.17, 15) is 4.39 Å². The standard InChI is InChI=1S/C11H12FNO/c1-2-14-10-6-5-9(4-3-7-13)11(12)8-10/h5-6,8H,2,7,13H2,1H3. The maximum atomic E-state index is 13.3. The summed E-state index contributed by atoms with van der Waals surface area (Å²) in [5.74, 6) is 5.37. The van der Waals surface area contributed by atoms with Crippen LogP contribution < -0.4 is 10.5 Å². The maximum absolute atomic E-state index is 13.3.